The minimum atomic E-state index is -1.08. The number of nitrogens with one attached hydrogen (secondary N) is 1. The van der Waals surface area contributed by atoms with Crippen LogP contribution in [-0.2, 0) is 20.9 Å². The number of carbonyl (C=O) groups excluding carboxylic acids is 2. The van der Waals surface area contributed by atoms with E-state index in [9.17, 15) is 14.7 Å². The minimum absolute atomic E-state index is 0.0998. The number of amides is 2. The molecule has 9 nitrogen and oxygen atoms in total. The zero-order chi connectivity index (χ0) is 24.8. The molecule has 2 heterocycles. The molecule has 3 N–H and O–H groups in total. The van der Waals surface area contributed by atoms with Gasteiger partial charge in [0.05, 0.1) is 41.3 Å². The van der Waals surface area contributed by atoms with Crippen LogP contribution < -0.4 is 10.1 Å². The molecule has 1 fully saturated rings. The number of rotatable bonds is 9. The zero-order valence-electron chi connectivity index (χ0n) is 19.1. The molecule has 4 rings (SSSR count). The molecule has 1 saturated heterocycles. The Labute approximate surface area is 217 Å². The summed E-state index contributed by atoms with van der Waals surface area (Å²) >= 11 is 2.15. The smallest absolute Gasteiger partial charge is 0.247 e. The third kappa shape index (κ3) is 6.24. The molecule has 1 aliphatic carbocycles. The van der Waals surface area contributed by atoms with Gasteiger partial charge >= 0.3 is 0 Å². The second-order valence-electron chi connectivity index (χ2n) is 8.60. The van der Waals surface area contributed by atoms with Crippen molar-refractivity contribution >= 4 is 34.4 Å². The van der Waals surface area contributed by atoms with Gasteiger partial charge in [-0.2, -0.15) is 0 Å². The average Bonchev–Trinajstić information content (AvgIpc) is 3.58. The van der Waals surface area contributed by atoms with Gasteiger partial charge in [-0.15, -0.1) is 0 Å². The van der Waals surface area contributed by atoms with Crippen molar-refractivity contribution in [3.8, 4) is 5.75 Å². The number of nitrogens with zero attached hydrogens (tertiary/aromatic N) is 1. The highest BCUT2D eigenvalue weighted by Crippen LogP contribution is 2.32. The fourth-order valence-corrected chi connectivity index (χ4v) is 4.88. The molecular formula is C25H29IN2O7. The summed E-state index contributed by atoms with van der Waals surface area (Å²) in [5.41, 5.74) is 1.16. The Bertz CT molecular complexity index is 1040. The molecule has 0 radical (unpaired) electrons. The van der Waals surface area contributed by atoms with Crippen LogP contribution in [0.4, 0.5) is 0 Å². The lowest BCUT2D eigenvalue weighted by Gasteiger charge is -2.41. The molecule has 2 amide bonds. The number of hydrogen-bond acceptors (Lipinski definition) is 7. The summed E-state index contributed by atoms with van der Waals surface area (Å²) in [7, 11) is 0. The predicted octanol–water partition coefficient (Wildman–Crippen LogP) is 1.86. The summed E-state index contributed by atoms with van der Waals surface area (Å²) in [6, 6.07) is 8.44. The molecule has 1 unspecified atom stereocenters. The third-order valence-electron chi connectivity index (χ3n) is 6.21. The normalized spacial score (nSPS) is 24.0. The molecule has 2 aliphatic rings. The first-order valence-corrected chi connectivity index (χ1v) is 12.6. The maximum absolute atomic E-state index is 13.6. The Morgan fingerprint density at radius 2 is 2.09 bits per heavy atom. The van der Waals surface area contributed by atoms with Crippen molar-refractivity contribution in [1.82, 2.24) is 10.2 Å². The molecular weight excluding hydrogens is 567 g/mol. The number of ether oxygens (including phenoxy) is 2. The van der Waals surface area contributed by atoms with Gasteiger partial charge < -0.3 is 34.3 Å². The Hall–Kier alpha value is -2.41. The average molecular weight is 596 g/mol. The quantitative estimate of drug-likeness (QED) is 0.378. The number of furan rings is 1. The maximum atomic E-state index is 13.6. The van der Waals surface area contributed by atoms with Gasteiger partial charge in [-0.05, 0) is 53.3 Å². The van der Waals surface area contributed by atoms with Crippen LogP contribution in [0.25, 0.3) is 0 Å². The van der Waals surface area contributed by atoms with Crippen molar-refractivity contribution in [2.24, 2.45) is 5.92 Å². The monoisotopic (exact) mass is 596 g/mol. The van der Waals surface area contributed by atoms with Crippen molar-refractivity contribution < 1.29 is 33.7 Å². The standard InChI is InChI=1S/C25H29IN2O7/c26-19-3-1-2-4-21(19)35-22-12-18(24(31)27-7-8-29)11-20(23(22)30)28(13-16-5-9-33-14-16)25(32)17-6-10-34-15-17/h1-5,9,12,14,17,20,22-23,29-30H,6-8,10-11,13,15H2,(H,27,31)/t17?,20-,22+,23+/m1/s1. The van der Waals surface area contributed by atoms with Crippen LogP contribution in [0.2, 0.25) is 0 Å². The first kappa shape index (κ1) is 25.7. The van der Waals surface area contributed by atoms with Crippen molar-refractivity contribution in [2.45, 2.75) is 37.6 Å². The largest absolute Gasteiger partial charge is 0.482 e. The summed E-state index contributed by atoms with van der Waals surface area (Å²) in [6.07, 6.45) is 3.50. The van der Waals surface area contributed by atoms with Gasteiger partial charge in [0.15, 0.2) is 0 Å². The van der Waals surface area contributed by atoms with Gasteiger partial charge in [0, 0.05) is 37.3 Å². The van der Waals surface area contributed by atoms with E-state index in [2.05, 4.69) is 27.9 Å². The van der Waals surface area contributed by atoms with E-state index in [1.807, 2.05) is 18.2 Å². The highest BCUT2D eigenvalue weighted by atomic mass is 127. The second-order valence-corrected chi connectivity index (χ2v) is 9.77. The molecule has 188 valence electrons. The van der Waals surface area contributed by atoms with E-state index in [1.54, 1.807) is 29.4 Å². The van der Waals surface area contributed by atoms with E-state index in [4.69, 9.17) is 19.0 Å². The van der Waals surface area contributed by atoms with Crippen LogP contribution in [-0.4, -0.2) is 71.5 Å². The van der Waals surface area contributed by atoms with Gasteiger partial charge in [0.25, 0.3) is 0 Å². The highest BCUT2D eigenvalue weighted by Gasteiger charge is 2.42. The molecule has 1 aromatic carbocycles. The van der Waals surface area contributed by atoms with Crippen LogP contribution in [0.3, 0.4) is 0 Å². The van der Waals surface area contributed by atoms with E-state index in [1.165, 1.54) is 6.26 Å². The topological polar surface area (TPSA) is 121 Å². The Morgan fingerprint density at radius 1 is 1.26 bits per heavy atom. The third-order valence-corrected chi connectivity index (χ3v) is 7.10. The van der Waals surface area contributed by atoms with Gasteiger partial charge in [-0.1, -0.05) is 12.1 Å². The van der Waals surface area contributed by atoms with Crippen molar-refractivity contribution in [3.05, 3.63) is 63.6 Å². The molecule has 0 saturated carbocycles. The lowest BCUT2D eigenvalue weighted by Crippen LogP contribution is -2.56. The Kier molecular flexibility index (Phi) is 8.82. The molecule has 1 aliphatic heterocycles. The first-order valence-electron chi connectivity index (χ1n) is 11.6. The number of benzene rings is 1. The van der Waals surface area contributed by atoms with E-state index < -0.39 is 18.2 Å². The molecule has 10 heteroatoms. The summed E-state index contributed by atoms with van der Waals surface area (Å²) in [4.78, 5) is 28.1. The van der Waals surface area contributed by atoms with E-state index in [-0.39, 0.29) is 43.8 Å². The van der Waals surface area contributed by atoms with E-state index in [0.717, 1.165) is 9.13 Å². The van der Waals surface area contributed by atoms with Gasteiger partial charge in [-0.3, -0.25) is 9.59 Å². The van der Waals surface area contributed by atoms with Crippen molar-refractivity contribution in [3.63, 3.8) is 0 Å². The van der Waals surface area contributed by atoms with Gasteiger partial charge in [0.2, 0.25) is 11.8 Å². The lowest BCUT2D eigenvalue weighted by molar-refractivity contribution is -0.143. The number of hydrogen-bond donors (Lipinski definition) is 3. The molecule has 0 spiro atoms. The van der Waals surface area contributed by atoms with E-state index >= 15 is 0 Å². The van der Waals surface area contributed by atoms with Crippen LogP contribution in [0.15, 0.2) is 58.9 Å². The number of aliphatic hydroxyl groups excluding tert-OH is 2. The second kappa shape index (κ2) is 12.0. The molecule has 1 aromatic heterocycles. The van der Waals surface area contributed by atoms with Crippen LogP contribution in [0, 0.1) is 9.49 Å². The molecule has 35 heavy (non-hydrogen) atoms. The summed E-state index contributed by atoms with van der Waals surface area (Å²) in [6.45, 7) is 0.957. The number of aliphatic hydroxyl groups is 2. The number of carbonyl (C=O) groups is 2. The van der Waals surface area contributed by atoms with Gasteiger partial charge in [0.1, 0.15) is 18.0 Å². The maximum Gasteiger partial charge on any atom is 0.247 e. The SMILES string of the molecule is O=C(NCCO)C1=C[C@H](Oc2ccccc2I)[C@@H](O)[C@H](N(Cc2ccoc2)C(=O)C2CCOC2)C1. The summed E-state index contributed by atoms with van der Waals surface area (Å²) in [5, 5.41) is 23.3. The molecule has 2 aromatic rings. The first-order chi connectivity index (χ1) is 17.0. The fraction of sp³-hybridized carbons (Fsp3) is 0.440. The summed E-state index contributed by atoms with van der Waals surface area (Å²) in [5.74, 6) is -0.257. The Morgan fingerprint density at radius 3 is 2.77 bits per heavy atom. The van der Waals surface area contributed by atoms with Crippen LogP contribution in [0.1, 0.15) is 18.4 Å². The van der Waals surface area contributed by atoms with E-state index in [0.29, 0.717) is 31.0 Å². The zero-order valence-corrected chi connectivity index (χ0v) is 21.3. The van der Waals surface area contributed by atoms with Gasteiger partial charge in [-0.25, -0.2) is 0 Å². The van der Waals surface area contributed by atoms with Crippen molar-refractivity contribution in [1.29, 1.82) is 0 Å². The minimum Gasteiger partial charge on any atom is -0.482 e. The number of para-hydroxylation sites is 1. The van der Waals surface area contributed by atoms with Crippen LogP contribution in [0.5, 0.6) is 5.75 Å². The number of halogens is 1. The summed E-state index contributed by atoms with van der Waals surface area (Å²) < 4.78 is 17.7. The molecule has 4 atom stereocenters. The van der Waals surface area contributed by atoms with Crippen LogP contribution >= 0.6 is 22.6 Å². The Balaban J connectivity index is 1.66. The molecule has 0 bridgehead atoms. The predicted molar refractivity (Wildman–Crippen MR) is 134 cm³/mol. The lowest BCUT2D eigenvalue weighted by atomic mass is 9.87. The highest BCUT2D eigenvalue weighted by molar-refractivity contribution is 14.1. The van der Waals surface area contributed by atoms with Crippen molar-refractivity contribution in [2.75, 3.05) is 26.4 Å². The fourth-order valence-electron chi connectivity index (χ4n) is 4.37.